The molecule has 0 amide bonds. The highest BCUT2D eigenvalue weighted by Gasteiger charge is 2.21. The van der Waals surface area contributed by atoms with E-state index in [2.05, 4.69) is 34.5 Å². The highest BCUT2D eigenvalue weighted by molar-refractivity contribution is 7.09. The third-order valence-electron chi connectivity index (χ3n) is 2.67. The largest absolute Gasteiger partial charge is 0.325 e. The summed E-state index contributed by atoms with van der Waals surface area (Å²) in [6.07, 6.45) is 3.70. The molecule has 2 aromatic rings. The first-order valence-corrected chi connectivity index (χ1v) is 6.74. The van der Waals surface area contributed by atoms with Gasteiger partial charge in [-0.05, 0) is 13.8 Å². The van der Waals surface area contributed by atoms with Gasteiger partial charge in [0.1, 0.15) is 5.01 Å². The van der Waals surface area contributed by atoms with Crippen molar-refractivity contribution < 1.29 is 0 Å². The number of nitrogens with zero attached hydrogens (tertiary/aromatic N) is 4. The van der Waals surface area contributed by atoms with Gasteiger partial charge in [-0.3, -0.25) is 4.68 Å². The summed E-state index contributed by atoms with van der Waals surface area (Å²) in [6.45, 7) is 6.25. The molecule has 0 spiro atoms. The lowest BCUT2D eigenvalue weighted by molar-refractivity contribution is 0.382. The number of rotatable bonds is 6. The molecule has 18 heavy (non-hydrogen) atoms. The molecule has 2 heterocycles. The van der Waals surface area contributed by atoms with Crippen molar-refractivity contribution in [3.8, 4) is 0 Å². The average Bonchev–Trinajstić information content (AvgIpc) is 3.00. The number of aromatic nitrogens is 4. The topological polar surface area (TPSA) is 81.7 Å². The zero-order valence-electron chi connectivity index (χ0n) is 10.6. The maximum Gasteiger partial charge on any atom is 0.112 e. The van der Waals surface area contributed by atoms with E-state index in [1.165, 1.54) is 0 Å². The van der Waals surface area contributed by atoms with Gasteiger partial charge < -0.3 is 11.1 Å². The fraction of sp³-hybridized carbons (Fsp3) is 0.545. The van der Waals surface area contributed by atoms with Crippen molar-refractivity contribution in [1.29, 1.82) is 0 Å². The van der Waals surface area contributed by atoms with E-state index in [-0.39, 0.29) is 5.54 Å². The summed E-state index contributed by atoms with van der Waals surface area (Å²) in [5.74, 6) is 0. The maximum absolute atomic E-state index is 5.49. The van der Waals surface area contributed by atoms with Crippen LogP contribution >= 0.6 is 11.3 Å². The van der Waals surface area contributed by atoms with Crippen LogP contribution < -0.4 is 11.1 Å². The molecule has 6 nitrogen and oxygen atoms in total. The third kappa shape index (κ3) is 3.12. The number of nitrogens with two attached hydrogens (primary N) is 1. The van der Waals surface area contributed by atoms with Crippen LogP contribution in [0.5, 0.6) is 0 Å². The number of thiazole rings is 1. The summed E-state index contributed by atoms with van der Waals surface area (Å²) >= 11 is 1.66. The van der Waals surface area contributed by atoms with Gasteiger partial charge in [-0.1, -0.05) is 5.21 Å². The molecule has 0 atom stereocenters. The molecule has 2 aromatic heterocycles. The molecular formula is C11H18N6S. The molecule has 0 aliphatic rings. The van der Waals surface area contributed by atoms with Crippen LogP contribution in [0.3, 0.4) is 0 Å². The normalized spacial score (nSPS) is 11.9. The van der Waals surface area contributed by atoms with Crippen molar-refractivity contribution in [2.75, 3.05) is 6.54 Å². The van der Waals surface area contributed by atoms with E-state index >= 15 is 0 Å². The van der Waals surface area contributed by atoms with Crippen molar-refractivity contribution in [1.82, 2.24) is 25.3 Å². The zero-order chi connectivity index (χ0) is 13.0. The quantitative estimate of drug-likeness (QED) is 0.805. The second-order valence-electron chi connectivity index (χ2n) is 4.57. The molecule has 98 valence electrons. The molecule has 7 heteroatoms. The molecule has 0 unspecified atom stereocenters. The van der Waals surface area contributed by atoms with Gasteiger partial charge in [-0.2, -0.15) is 0 Å². The molecule has 0 aliphatic carbocycles. The van der Waals surface area contributed by atoms with Gasteiger partial charge in [0.2, 0.25) is 0 Å². The van der Waals surface area contributed by atoms with Crippen molar-refractivity contribution >= 4 is 11.3 Å². The van der Waals surface area contributed by atoms with Crippen molar-refractivity contribution in [3.63, 3.8) is 0 Å². The van der Waals surface area contributed by atoms with E-state index < -0.39 is 0 Å². The van der Waals surface area contributed by atoms with Crippen LogP contribution in [0.25, 0.3) is 0 Å². The molecule has 3 N–H and O–H groups in total. The maximum atomic E-state index is 5.49. The van der Waals surface area contributed by atoms with E-state index in [1.54, 1.807) is 16.0 Å². The third-order valence-corrected chi connectivity index (χ3v) is 3.77. The van der Waals surface area contributed by atoms with Gasteiger partial charge in [0.15, 0.2) is 0 Å². The first-order valence-electron chi connectivity index (χ1n) is 5.86. The molecule has 0 aromatic carbocycles. The van der Waals surface area contributed by atoms with Crippen molar-refractivity contribution in [2.45, 2.75) is 32.5 Å². The van der Waals surface area contributed by atoms with E-state index in [0.29, 0.717) is 6.54 Å². The minimum absolute atomic E-state index is 0.120. The smallest absolute Gasteiger partial charge is 0.112 e. The zero-order valence-corrected chi connectivity index (χ0v) is 11.4. The average molecular weight is 266 g/mol. The Kier molecular flexibility index (Phi) is 4.05. The predicted octanol–water partition coefficient (Wildman–Crippen LogP) is 0.718. The lowest BCUT2D eigenvalue weighted by atomic mass is 10.1. The monoisotopic (exact) mass is 266 g/mol. The first-order chi connectivity index (χ1) is 8.62. The molecule has 0 saturated carbocycles. The van der Waals surface area contributed by atoms with Gasteiger partial charge in [0.05, 0.1) is 17.8 Å². The Balaban J connectivity index is 1.85. The minimum Gasteiger partial charge on any atom is -0.325 e. The molecular weight excluding hydrogens is 248 g/mol. The van der Waals surface area contributed by atoms with Gasteiger partial charge in [-0.15, -0.1) is 16.4 Å². The number of hydrogen-bond donors (Lipinski definition) is 2. The predicted molar refractivity (Wildman–Crippen MR) is 71.1 cm³/mol. The second kappa shape index (κ2) is 5.55. The van der Waals surface area contributed by atoms with Gasteiger partial charge in [-0.25, -0.2) is 4.98 Å². The molecule has 0 bridgehead atoms. The van der Waals surface area contributed by atoms with Crippen LogP contribution in [-0.4, -0.2) is 26.5 Å². The summed E-state index contributed by atoms with van der Waals surface area (Å²) in [6, 6.07) is 0. The second-order valence-corrected chi connectivity index (χ2v) is 5.46. The SMILES string of the molecule is CC(C)(NCCn1cc(CN)nn1)c1nccs1. The lowest BCUT2D eigenvalue weighted by Gasteiger charge is -2.23. The Hall–Kier alpha value is -1.31. The Morgan fingerprint density at radius 2 is 2.33 bits per heavy atom. The number of nitrogens with one attached hydrogen (secondary N) is 1. The molecule has 0 aliphatic heterocycles. The van der Waals surface area contributed by atoms with Crippen LogP contribution in [-0.2, 0) is 18.6 Å². The fourth-order valence-corrected chi connectivity index (χ4v) is 2.37. The van der Waals surface area contributed by atoms with Gasteiger partial charge in [0.25, 0.3) is 0 Å². The van der Waals surface area contributed by atoms with Crippen LogP contribution in [0.4, 0.5) is 0 Å². The van der Waals surface area contributed by atoms with Crippen LogP contribution in [0.1, 0.15) is 24.5 Å². The molecule has 0 fully saturated rings. The Morgan fingerprint density at radius 1 is 1.50 bits per heavy atom. The van der Waals surface area contributed by atoms with E-state index in [9.17, 15) is 0 Å². The summed E-state index contributed by atoms with van der Waals surface area (Å²) in [5.41, 5.74) is 6.18. The van der Waals surface area contributed by atoms with E-state index in [0.717, 1.165) is 23.8 Å². The fourth-order valence-electron chi connectivity index (χ4n) is 1.63. The first kappa shape index (κ1) is 13.1. The van der Waals surface area contributed by atoms with Crippen LogP contribution in [0.2, 0.25) is 0 Å². The summed E-state index contributed by atoms with van der Waals surface area (Å²) < 4.78 is 1.80. The highest BCUT2D eigenvalue weighted by Crippen LogP contribution is 2.21. The molecule has 0 radical (unpaired) electrons. The molecule has 0 saturated heterocycles. The van der Waals surface area contributed by atoms with Crippen LogP contribution in [0.15, 0.2) is 17.8 Å². The number of hydrogen-bond acceptors (Lipinski definition) is 6. The van der Waals surface area contributed by atoms with Crippen molar-refractivity contribution in [2.24, 2.45) is 5.73 Å². The van der Waals surface area contributed by atoms with Gasteiger partial charge in [0, 0.05) is 30.9 Å². The minimum atomic E-state index is -0.120. The standard InChI is InChI=1S/C11H18N6S/c1-11(2,10-13-4-6-18-10)14-3-5-17-8-9(7-12)15-16-17/h4,6,8,14H,3,5,7,12H2,1-2H3. The summed E-state index contributed by atoms with van der Waals surface area (Å²) in [5, 5.41) is 14.5. The lowest BCUT2D eigenvalue weighted by Crippen LogP contribution is -2.38. The Labute approximate surface area is 110 Å². The van der Waals surface area contributed by atoms with E-state index in [4.69, 9.17) is 5.73 Å². The Bertz CT molecular complexity index is 475. The van der Waals surface area contributed by atoms with Crippen molar-refractivity contribution in [3.05, 3.63) is 28.5 Å². The summed E-state index contributed by atoms with van der Waals surface area (Å²) in [4.78, 5) is 4.34. The van der Waals surface area contributed by atoms with Crippen LogP contribution in [0, 0.1) is 0 Å². The van der Waals surface area contributed by atoms with Gasteiger partial charge >= 0.3 is 0 Å². The Morgan fingerprint density at radius 3 is 2.94 bits per heavy atom. The highest BCUT2D eigenvalue weighted by atomic mass is 32.1. The van der Waals surface area contributed by atoms with E-state index in [1.807, 2.05) is 17.8 Å². The summed E-state index contributed by atoms with van der Waals surface area (Å²) in [7, 11) is 0. The molecule has 2 rings (SSSR count).